The molecule has 0 unspecified atom stereocenters. The Balaban J connectivity index is 2.24. The molecule has 0 saturated heterocycles. The van der Waals surface area contributed by atoms with E-state index >= 15 is 0 Å². The topological polar surface area (TPSA) is 29.3 Å². The van der Waals surface area contributed by atoms with Gasteiger partial charge in [0.05, 0.1) is 0 Å². The highest BCUT2D eigenvalue weighted by Crippen LogP contribution is 2.19. The molecular formula is C16H19FN2. The Kier molecular flexibility index (Phi) is 4.53. The van der Waals surface area contributed by atoms with E-state index < -0.39 is 0 Å². The first-order valence-electron chi connectivity index (χ1n) is 6.52. The van der Waals surface area contributed by atoms with E-state index in [4.69, 9.17) is 5.73 Å². The smallest absolute Gasteiger partial charge is 0.123 e. The van der Waals surface area contributed by atoms with E-state index in [0.717, 1.165) is 29.9 Å². The predicted octanol–water partition coefficient (Wildman–Crippen LogP) is 3.31. The monoisotopic (exact) mass is 258 g/mol. The number of rotatable bonds is 5. The van der Waals surface area contributed by atoms with Crippen LogP contribution in [-0.2, 0) is 13.1 Å². The number of para-hydroxylation sites is 1. The minimum absolute atomic E-state index is 0.230. The van der Waals surface area contributed by atoms with Crippen molar-refractivity contribution >= 4 is 5.69 Å². The molecule has 0 saturated carbocycles. The van der Waals surface area contributed by atoms with Crippen molar-refractivity contribution in [3.8, 4) is 0 Å². The van der Waals surface area contributed by atoms with Crippen molar-refractivity contribution in [2.45, 2.75) is 20.0 Å². The van der Waals surface area contributed by atoms with E-state index in [1.54, 1.807) is 0 Å². The molecule has 2 N–H and O–H groups in total. The molecule has 2 rings (SSSR count). The Morgan fingerprint density at radius 2 is 1.79 bits per heavy atom. The van der Waals surface area contributed by atoms with Gasteiger partial charge in [0.25, 0.3) is 0 Å². The SMILES string of the molecule is CCN(Cc1ccc(F)cc1CN)c1ccccc1. The summed E-state index contributed by atoms with van der Waals surface area (Å²) in [6, 6.07) is 15.0. The molecule has 3 heteroatoms. The van der Waals surface area contributed by atoms with Crippen LogP contribution in [0.5, 0.6) is 0 Å². The molecule has 2 aromatic rings. The summed E-state index contributed by atoms with van der Waals surface area (Å²) in [7, 11) is 0. The summed E-state index contributed by atoms with van der Waals surface area (Å²) in [5, 5.41) is 0. The Morgan fingerprint density at radius 1 is 1.05 bits per heavy atom. The minimum Gasteiger partial charge on any atom is -0.367 e. The van der Waals surface area contributed by atoms with E-state index in [9.17, 15) is 4.39 Å². The largest absolute Gasteiger partial charge is 0.367 e. The number of hydrogen-bond acceptors (Lipinski definition) is 2. The van der Waals surface area contributed by atoms with Crippen LogP contribution in [0.15, 0.2) is 48.5 Å². The quantitative estimate of drug-likeness (QED) is 0.891. The van der Waals surface area contributed by atoms with Gasteiger partial charge in [0, 0.05) is 25.3 Å². The minimum atomic E-state index is -0.230. The fourth-order valence-corrected chi connectivity index (χ4v) is 2.17. The van der Waals surface area contributed by atoms with Gasteiger partial charge in [-0.1, -0.05) is 24.3 Å². The van der Waals surface area contributed by atoms with Crippen molar-refractivity contribution in [1.82, 2.24) is 0 Å². The average molecular weight is 258 g/mol. The van der Waals surface area contributed by atoms with E-state index in [1.807, 2.05) is 24.3 Å². The van der Waals surface area contributed by atoms with Crippen LogP contribution in [0.25, 0.3) is 0 Å². The second-order valence-corrected chi connectivity index (χ2v) is 4.47. The van der Waals surface area contributed by atoms with Crippen molar-refractivity contribution in [2.75, 3.05) is 11.4 Å². The third-order valence-electron chi connectivity index (χ3n) is 3.25. The molecule has 0 aliphatic carbocycles. The maximum Gasteiger partial charge on any atom is 0.123 e. The van der Waals surface area contributed by atoms with E-state index in [0.29, 0.717) is 6.54 Å². The summed E-state index contributed by atoms with van der Waals surface area (Å²) in [5.74, 6) is -0.230. The molecule has 0 amide bonds. The van der Waals surface area contributed by atoms with Crippen LogP contribution in [0.1, 0.15) is 18.1 Å². The fraction of sp³-hybridized carbons (Fsp3) is 0.250. The molecule has 100 valence electrons. The zero-order chi connectivity index (χ0) is 13.7. The number of halogens is 1. The Hall–Kier alpha value is -1.87. The van der Waals surface area contributed by atoms with Gasteiger partial charge < -0.3 is 10.6 Å². The van der Waals surface area contributed by atoms with Crippen LogP contribution in [0.3, 0.4) is 0 Å². The number of nitrogens with two attached hydrogens (primary N) is 1. The third kappa shape index (κ3) is 3.32. The zero-order valence-corrected chi connectivity index (χ0v) is 11.1. The first-order chi connectivity index (χ1) is 9.24. The van der Waals surface area contributed by atoms with Crippen LogP contribution < -0.4 is 10.6 Å². The normalized spacial score (nSPS) is 10.5. The first-order valence-corrected chi connectivity index (χ1v) is 6.52. The van der Waals surface area contributed by atoms with Gasteiger partial charge >= 0.3 is 0 Å². The molecule has 0 bridgehead atoms. The molecule has 0 atom stereocenters. The van der Waals surface area contributed by atoms with Crippen LogP contribution in [-0.4, -0.2) is 6.54 Å². The number of nitrogens with zero attached hydrogens (tertiary/aromatic N) is 1. The van der Waals surface area contributed by atoms with Crippen molar-refractivity contribution in [1.29, 1.82) is 0 Å². The van der Waals surface area contributed by atoms with Crippen molar-refractivity contribution in [3.05, 3.63) is 65.5 Å². The second kappa shape index (κ2) is 6.34. The molecule has 0 aliphatic heterocycles. The number of anilines is 1. The number of benzene rings is 2. The highest BCUT2D eigenvalue weighted by atomic mass is 19.1. The summed E-state index contributed by atoms with van der Waals surface area (Å²) in [6.07, 6.45) is 0. The van der Waals surface area contributed by atoms with E-state index in [2.05, 4.69) is 24.0 Å². The molecule has 2 aromatic carbocycles. The summed E-state index contributed by atoms with van der Waals surface area (Å²) >= 11 is 0. The van der Waals surface area contributed by atoms with Gasteiger partial charge in [-0.15, -0.1) is 0 Å². The molecule has 0 radical (unpaired) electrons. The maximum atomic E-state index is 13.2. The fourth-order valence-electron chi connectivity index (χ4n) is 2.17. The Labute approximate surface area is 113 Å². The Bertz CT molecular complexity index is 526. The number of hydrogen-bond donors (Lipinski definition) is 1. The molecule has 19 heavy (non-hydrogen) atoms. The lowest BCUT2D eigenvalue weighted by molar-refractivity contribution is 0.623. The van der Waals surface area contributed by atoms with Gasteiger partial charge in [-0.2, -0.15) is 0 Å². The average Bonchev–Trinajstić information content (AvgIpc) is 2.46. The summed E-state index contributed by atoms with van der Waals surface area (Å²) < 4.78 is 13.2. The highest BCUT2D eigenvalue weighted by molar-refractivity contribution is 5.47. The molecule has 0 heterocycles. The van der Waals surface area contributed by atoms with Gasteiger partial charge in [0.1, 0.15) is 5.82 Å². The second-order valence-electron chi connectivity index (χ2n) is 4.47. The van der Waals surface area contributed by atoms with Gasteiger partial charge in [-0.05, 0) is 42.3 Å². The first kappa shape index (κ1) is 13.6. The highest BCUT2D eigenvalue weighted by Gasteiger charge is 2.08. The molecule has 0 fully saturated rings. The van der Waals surface area contributed by atoms with Crippen molar-refractivity contribution in [3.63, 3.8) is 0 Å². The standard InChI is InChI=1S/C16H19FN2/c1-2-19(16-6-4-3-5-7-16)12-13-8-9-15(17)10-14(13)11-18/h3-10H,2,11-12,18H2,1H3. The Morgan fingerprint density at radius 3 is 2.42 bits per heavy atom. The predicted molar refractivity (Wildman–Crippen MR) is 77.5 cm³/mol. The van der Waals surface area contributed by atoms with Gasteiger partial charge in [-0.25, -0.2) is 4.39 Å². The lowest BCUT2D eigenvalue weighted by Crippen LogP contribution is -2.23. The zero-order valence-electron chi connectivity index (χ0n) is 11.1. The van der Waals surface area contributed by atoms with Crippen molar-refractivity contribution < 1.29 is 4.39 Å². The summed E-state index contributed by atoms with van der Waals surface area (Å²) in [6.45, 7) is 4.11. The molecule has 0 aromatic heterocycles. The maximum absolute atomic E-state index is 13.2. The van der Waals surface area contributed by atoms with Crippen LogP contribution in [0.4, 0.5) is 10.1 Å². The van der Waals surface area contributed by atoms with Gasteiger partial charge in [0.15, 0.2) is 0 Å². The lowest BCUT2D eigenvalue weighted by Gasteiger charge is -2.24. The summed E-state index contributed by atoms with van der Waals surface area (Å²) in [4.78, 5) is 2.24. The molecule has 0 spiro atoms. The molecule has 0 aliphatic rings. The molecular weight excluding hydrogens is 239 g/mol. The van der Waals surface area contributed by atoms with Crippen LogP contribution in [0.2, 0.25) is 0 Å². The van der Waals surface area contributed by atoms with Gasteiger partial charge in [-0.3, -0.25) is 0 Å². The van der Waals surface area contributed by atoms with Crippen molar-refractivity contribution in [2.24, 2.45) is 5.73 Å². The third-order valence-corrected chi connectivity index (χ3v) is 3.25. The van der Waals surface area contributed by atoms with Gasteiger partial charge in [0.2, 0.25) is 0 Å². The van der Waals surface area contributed by atoms with E-state index in [1.165, 1.54) is 12.1 Å². The summed E-state index contributed by atoms with van der Waals surface area (Å²) in [5.41, 5.74) is 8.80. The lowest BCUT2D eigenvalue weighted by atomic mass is 10.1. The van der Waals surface area contributed by atoms with Crippen LogP contribution in [0, 0.1) is 5.82 Å². The van der Waals surface area contributed by atoms with E-state index in [-0.39, 0.29) is 5.82 Å². The van der Waals surface area contributed by atoms with Crippen LogP contribution >= 0.6 is 0 Å². The molecule has 2 nitrogen and oxygen atoms in total.